The standard InChI is InChI=1S/C13H13BrO3/c1-9-3-2-4-10(7-11(15)8-14)12(9)5-6-13(16)17/h2-6H,7-8H2,1H3,(H,16,17)/b6-5+. The van der Waals surface area contributed by atoms with Gasteiger partial charge in [-0.05, 0) is 29.7 Å². The van der Waals surface area contributed by atoms with Crippen LogP contribution in [-0.4, -0.2) is 22.2 Å². The van der Waals surface area contributed by atoms with Crippen molar-refractivity contribution < 1.29 is 14.7 Å². The first-order valence-corrected chi connectivity index (χ1v) is 6.24. The van der Waals surface area contributed by atoms with Gasteiger partial charge < -0.3 is 5.11 Å². The van der Waals surface area contributed by atoms with Crippen molar-refractivity contribution >= 4 is 33.8 Å². The number of aryl methyl sites for hydroxylation is 1. The minimum absolute atomic E-state index is 0.0700. The van der Waals surface area contributed by atoms with E-state index in [1.54, 1.807) is 0 Å². The number of carboxylic acid groups (broad SMARTS) is 1. The Morgan fingerprint density at radius 3 is 2.71 bits per heavy atom. The lowest BCUT2D eigenvalue weighted by molar-refractivity contribution is -0.131. The monoisotopic (exact) mass is 296 g/mol. The number of carbonyl (C=O) groups excluding carboxylic acids is 1. The van der Waals surface area contributed by atoms with Gasteiger partial charge in [0.2, 0.25) is 0 Å². The summed E-state index contributed by atoms with van der Waals surface area (Å²) in [5, 5.41) is 8.93. The predicted octanol–water partition coefficient (Wildman–Crippen LogP) is 2.60. The van der Waals surface area contributed by atoms with Crippen molar-refractivity contribution in [1.29, 1.82) is 0 Å². The van der Waals surface area contributed by atoms with E-state index in [1.165, 1.54) is 6.08 Å². The zero-order chi connectivity index (χ0) is 12.8. The Bertz CT molecular complexity index is 464. The quantitative estimate of drug-likeness (QED) is 0.671. The lowest BCUT2D eigenvalue weighted by Gasteiger charge is -2.07. The number of ketones is 1. The van der Waals surface area contributed by atoms with E-state index < -0.39 is 5.97 Å². The molecule has 0 atom stereocenters. The Hall–Kier alpha value is -1.42. The zero-order valence-corrected chi connectivity index (χ0v) is 11.0. The molecule has 0 fully saturated rings. The van der Waals surface area contributed by atoms with Crippen LogP contribution in [0.1, 0.15) is 16.7 Å². The molecule has 0 bridgehead atoms. The molecule has 0 aliphatic rings. The number of Topliss-reactive ketones (excluding diaryl/α,β-unsaturated/α-hetero) is 1. The van der Waals surface area contributed by atoms with E-state index in [9.17, 15) is 9.59 Å². The van der Waals surface area contributed by atoms with Crippen LogP contribution in [-0.2, 0) is 16.0 Å². The van der Waals surface area contributed by atoms with Gasteiger partial charge in [-0.15, -0.1) is 0 Å². The Morgan fingerprint density at radius 1 is 1.41 bits per heavy atom. The molecular formula is C13H13BrO3. The van der Waals surface area contributed by atoms with Gasteiger partial charge in [-0.2, -0.15) is 0 Å². The van der Waals surface area contributed by atoms with Gasteiger partial charge in [0.05, 0.1) is 5.33 Å². The number of carbonyl (C=O) groups is 2. The van der Waals surface area contributed by atoms with Gasteiger partial charge >= 0.3 is 5.97 Å². The Kier molecular flexibility index (Phi) is 5.10. The van der Waals surface area contributed by atoms with Crippen LogP contribution in [0.25, 0.3) is 6.08 Å². The van der Waals surface area contributed by atoms with Crippen LogP contribution in [0.15, 0.2) is 24.3 Å². The van der Waals surface area contributed by atoms with Crippen LogP contribution < -0.4 is 0 Å². The fourth-order valence-corrected chi connectivity index (χ4v) is 1.75. The zero-order valence-electron chi connectivity index (χ0n) is 9.44. The first kappa shape index (κ1) is 13.6. The average molecular weight is 297 g/mol. The molecule has 4 heteroatoms. The van der Waals surface area contributed by atoms with E-state index >= 15 is 0 Å². The molecule has 0 saturated heterocycles. The third-order valence-electron chi connectivity index (χ3n) is 2.34. The fraction of sp³-hybridized carbons (Fsp3) is 0.231. The molecule has 0 spiro atoms. The minimum Gasteiger partial charge on any atom is -0.478 e. The molecule has 0 amide bonds. The number of alkyl halides is 1. The van der Waals surface area contributed by atoms with Gasteiger partial charge in [0.1, 0.15) is 5.78 Å². The second kappa shape index (κ2) is 6.35. The van der Waals surface area contributed by atoms with Crippen molar-refractivity contribution in [2.75, 3.05) is 5.33 Å². The van der Waals surface area contributed by atoms with E-state index in [2.05, 4.69) is 15.9 Å². The topological polar surface area (TPSA) is 54.4 Å². The van der Waals surface area contributed by atoms with E-state index in [1.807, 2.05) is 25.1 Å². The molecule has 0 aliphatic heterocycles. The van der Waals surface area contributed by atoms with E-state index in [4.69, 9.17) is 5.11 Å². The summed E-state index contributed by atoms with van der Waals surface area (Å²) in [6.07, 6.45) is 2.94. The first-order valence-electron chi connectivity index (χ1n) is 5.11. The van der Waals surface area contributed by atoms with Crippen LogP contribution in [0.4, 0.5) is 0 Å². The maximum atomic E-state index is 11.4. The maximum absolute atomic E-state index is 11.4. The predicted molar refractivity (Wildman–Crippen MR) is 70.4 cm³/mol. The number of halogens is 1. The second-order valence-corrected chi connectivity index (χ2v) is 4.23. The lowest BCUT2D eigenvalue weighted by atomic mass is 9.98. The molecule has 1 aromatic carbocycles. The molecule has 1 aromatic rings. The van der Waals surface area contributed by atoms with Crippen molar-refractivity contribution in [1.82, 2.24) is 0 Å². The summed E-state index contributed by atoms with van der Waals surface area (Å²) in [6.45, 7) is 1.89. The normalized spacial score (nSPS) is 10.7. The van der Waals surface area contributed by atoms with Crippen LogP contribution >= 0.6 is 15.9 Å². The van der Waals surface area contributed by atoms with E-state index in [0.717, 1.165) is 22.8 Å². The second-order valence-electron chi connectivity index (χ2n) is 3.67. The number of hydrogen-bond acceptors (Lipinski definition) is 2. The third kappa shape index (κ3) is 4.15. The highest BCUT2D eigenvalue weighted by atomic mass is 79.9. The number of hydrogen-bond donors (Lipinski definition) is 1. The van der Waals surface area contributed by atoms with Crippen molar-refractivity contribution in [2.45, 2.75) is 13.3 Å². The number of aliphatic carboxylic acids is 1. The van der Waals surface area contributed by atoms with Crippen molar-refractivity contribution in [3.8, 4) is 0 Å². The van der Waals surface area contributed by atoms with Gasteiger partial charge in [-0.3, -0.25) is 4.79 Å². The highest BCUT2D eigenvalue weighted by molar-refractivity contribution is 9.09. The summed E-state index contributed by atoms with van der Waals surface area (Å²) in [6, 6.07) is 5.60. The molecule has 0 unspecified atom stereocenters. The largest absolute Gasteiger partial charge is 0.478 e. The van der Waals surface area contributed by atoms with Gasteiger partial charge in [0.25, 0.3) is 0 Å². The maximum Gasteiger partial charge on any atom is 0.328 e. The van der Waals surface area contributed by atoms with Gasteiger partial charge in [0.15, 0.2) is 0 Å². The molecule has 1 N–H and O–H groups in total. The Balaban J connectivity index is 3.08. The van der Waals surface area contributed by atoms with Crippen LogP contribution in [0.3, 0.4) is 0 Å². The summed E-state index contributed by atoms with van der Waals surface area (Å²) >= 11 is 3.12. The molecule has 0 saturated carbocycles. The first-order chi connectivity index (χ1) is 8.04. The van der Waals surface area contributed by atoms with Gasteiger partial charge in [-0.25, -0.2) is 4.79 Å². The molecule has 1 rings (SSSR count). The molecule has 3 nitrogen and oxygen atoms in total. The molecule has 17 heavy (non-hydrogen) atoms. The van der Waals surface area contributed by atoms with Gasteiger partial charge in [0, 0.05) is 12.5 Å². The highest BCUT2D eigenvalue weighted by Gasteiger charge is 2.07. The van der Waals surface area contributed by atoms with E-state index in [-0.39, 0.29) is 5.78 Å². The molecular weight excluding hydrogens is 284 g/mol. The third-order valence-corrected chi connectivity index (χ3v) is 2.97. The van der Waals surface area contributed by atoms with Crippen LogP contribution in [0, 0.1) is 6.92 Å². The van der Waals surface area contributed by atoms with E-state index in [0.29, 0.717) is 11.8 Å². The molecule has 90 valence electrons. The summed E-state index contributed by atoms with van der Waals surface area (Å²) < 4.78 is 0. The summed E-state index contributed by atoms with van der Waals surface area (Å²) in [5.74, 6) is -0.924. The highest BCUT2D eigenvalue weighted by Crippen LogP contribution is 2.17. The number of carboxylic acids is 1. The molecule has 0 radical (unpaired) electrons. The SMILES string of the molecule is Cc1cccc(CC(=O)CBr)c1/C=C/C(=O)O. The van der Waals surface area contributed by atoms with Gasteiger partial charge in [-0.1, -0.05) is 34.1 Å². The van der Waals surface area contributed by atoms with Crippen LogP contribution in [0.2, 0.25) is 0 Å². The number of benzene rings is 1. The van der Waals surface area contributed by atoms with Crippen LogP contribution in [0.5, 0.6) is 0 Å². The van der Waals surface area contributed by atoms with Crippen molar-refractivity contribution in [2.24, 2.45) is 0 Å². The smallest absolute Gasteiger partial charge is 0.328 e. The Morgan fingerprint density at radius 2 is 2.12 bits per heavy atom. The summed E-state index contributed by atoms with van der Waals surface area (Å²) in [5.41, 5.74) is 2.62. The average Bonchev–Trinajstić information content (AvgIpc) is 2.27. The molecule has 0 aliphatic carbocycles. The molecule has 0 heterocycles. The summed E-state index contributed by atoms with van der Waals surface area (Å²) in [7, 11) is 0. The fourth-order valence-electron chi connectivity index (χ4n) is 1.55. The van der Waals surface area contributed by atoms with Crippen molar-refractivity contribution in [3.63, 3.8) is 0 Å². The van der Waals surface area contributed by atoms with Crippen molar-refractivity contribution in [3.05, 3.63) is 41.0 Å². The summed E-state index contributed by atoms with van der Waals surface area (Å²) in [4.78, 5) is 21.9. The number of rotatable bonds is 5. The molecule has 0 aromatic heterocycles. The minimum atomic E-state index is -0.994. The Labute approximate surface area is 108 Å². The lowest BCUT2D eigenvalue weighted by Crippen LogP contribution is -2.05.